The van der Waals surface area contributed by atoms with E-state index in [-0.39, 0.29) is 11.2 Å². The van der Waals surface area contributed by atoms with Gasteiger partial charge >= 0.3 is 0 Å². The van der Waals surface area contributed by atoms with E-state index in [1.807, 2.05) is 31.2 Å². The van der Waals surface area contributed by atoms with E-state index in [0.29, 0.717) is 12.5 Å². The van der Waals surface area contributed by atoms with Crippen molar-refractivity contribution in [1.82, 2.24) is 5.32 Å². The van der Waals surface area contributed by atoms with Crippen molar-refractivity contribution >= 4 is 5.78 Å². The van der Waals surface area contributed by atoms with Gasteiger partial charge in [-0.3, -0.25) is 4.79 Å². The van der Waals surface area contributed by atoms with Crippen molar-refractivity contribution in [3.63, 3.8) is 0 Å². The molecule has 0 bridgehead atoms. The third-order valence-electron chi connectivity index (χ3n) is 4.15. The van der Waals surface area contributed by atoms with Crippen molar-refractivity contribution in [2.45, 2.75) is 27.2 Å². The average Bonchev–Trinajstić information content (AvgIpc) is 2.89. The number of ketones is 1. The van der Waals surface area contributed by atoms with Crippen LogP contribution >= 0.6 is 0 Å². The van der Waals surface area contributed by atoms with Crippen LogP contribution in [0.2, 0.25) is 0 Å². The van der Waals surface area contributed by atoms with Gasteiger partial charge in [0, 0.05) is 17.5 Å². The Labute approximate surface area is 115 Å². The fourth-order valence-corrected chi connectivity index (χ4v) is 2.84. The number of rotatable bonds is 5. The van der Waals surface area contributed by atoms with Gasteiger partial charge in [-0.25, -0.2) is 0 Å². The summed E-state index contributed by atoms with van der Waals surface area (Å²) in [6.45, 7) is 8.55. The molecule has 104 valence electrons. The highest BCUT2D eigenvalue weighted by atomic mass is 16.5. The smallest absolute Gasteiger partial charge is 0.170 e. The lowest BCUT2D eigenvalue weighted by Gasteiger charge is -2.31. The summed E-state index contributed by atoms with van der Waals surface area (Å²) < 4.78 is 5.48. The SMILES string of the molecule is CCOc1cccc(C(=O)C2(C(C)C)CCNC2)c1. The number of hydrogen-bond acceptors (Lipinski definition) is 3. The molecular weight excluding hydrogens is 238 g/mol. The van der Waals surface area contributed by atoms with E-state index >= 15 is 0 Å². The maximum Gasteiger partial charge on any atom is 0.170 e. The average molecular weight is 261 g/mol. The monoisotopic (exact) mass is 261 g/mol. The van der Waals surface area contributed by atoms with E-state index in [1.54, 1.807) is 0 Å². The zero-order valence-electron chi connectivity index (χ0n) is 12.0. The van der Waals surface area contributed by atoms with Gasteiger partial charge in [0.1, 0.15) is 5.75 Å². The van der Waals surface area contributed by atoms with Crippen LogP contribution in [0.15, 0.2) is 24.3 Å². The molecule has 0 aliphatic carbocycles. The van der Waals surface area contributed by atoms with Crippen LogP contribution in [0.3, 0.4) is 0 Å². The van der Waals surface area contributed by atoms with E-state index in [4.69, 9.17) is 4.74 Å². The molecule has 0 amide bonds. The van der Waals surface area contributed by atoms with Crippen LogP contribution in [0.1, 0.15) is 37.6 Å². The maximum absolute atomic E-state index is 12.9. The summed E-state index contributed by atoms with van der Waals surface area (Å²) in [6, 6.07) is 7.56. The predicted octanol–water partition coefficient (Wildman–Crippen LogP) is 2.90. The lowest BCUT2D eigenvalue weighted by molar-refractivity contribution is 0.0739. The number of Topliss-reactive ketones (excluding diaryl/α,β-unsaturated/α-hetero) is 1. The van der Waals surface area contributed by atoms with Gasteiger partial charge < -0.3 is 10.1 Å². The Hall–Kier alpha value is -1.35. The van der Waals surface area contributed by atoms with Gasteiger partial charge in [-0.1, -0.05) is 26.0 Å². The summed E-state index contributed by atoms with van der Waals surface area (Å²) in [7, 11) is 0. The van der Waals surface area contributed by atoms with Gasteiger partial charge in [0.05, 0.1) is 6.61 Å². The van der Waals surface area contributed by atoms with Crippen molar-refractivity contribution in [2.24, 2.45) is 11.3 Å². The summed E-state index contributed by atoms with van der Waals surface area (Å²) in [5.41, 5.74) is 0.508. The largest absolute Gasteiger partial charge is 0.494 e. The summed E-state index contributed by atoms with van der Waals surface area (Å²) in [5, 5.41) is 3.33. The molecule has 0 aromatic heterocycles. The Kier molecular flexibility index (Phi) is 4.25. The van der Waals surface area contributed by atoms with Crippen LogP contribution in [0.25, 0.3) is 0 Å². The van der Waals surface area contributed by atoms with Crippen LogP contribution in [-0.4, -0.2) is 25.5 Å². The molecule has 1 unspecified atom stereocenters. The highest BCUT2D eigenvalue weighted by Crippen LogP contribution is 2.38. The fourth-order valence-electron chi connectivity index (χ4n) is 2.84. The molecule has 2 rings (SSSR count). The first-order chi connectivity index (χ1) is 9.10. The van der Waals surface area contributed by atoms with Crippen LogP contribution < -0.4 is 10.1 Å². The summed E-state index contributed by atoms with van der Waals surface area (Å²) in [5.74, 6) is 1.36. The van der Waals surface area contributed by atoms with Gasteiger partial charge in [-0.2, -0.15) is 0 Å². The van der Waals surface area contributed by atoms with Gasteiger partial charge in [0.2, 0.25) is 0 Å². The second kappa shape index (κ2) is 5.74. The summed E-state index contributed by atoms with van der Waals surface area (Å²) >= 11 is 0. The van der Waals surface area contributed by atoms with Gasteiger partial charge in [0.15, 0.2) is 5.78 Å². The standard InChI is InChI=1S/C16H23NO2/c1-4-19-14-7-5-6-13(10-14)15(18)16(12(2)3)8-9-17-11-16/h5-7,10,12,17H,4,8-9,11H2,1-3H3. The lowest BCUT2D eigenvalue weighted by atomic mass is 9.71. The van der Waals surface area contributed by atoms with Gasteiger partial charge in [0.25, 0.3) is 0 Å². The number of carbonyl (C=O) groups excluding carboxylic acids is 1. The van der Waals surface area contributed by atoms with E-state index in [0.717, 1.165) is 30.8 Å². The zero-order chi connectivity index (χ0) is 13.9. The first kappa shape index (κ1) is 14.1. The molecule has 3 heteroatoms. The molecule has 1 saturated heterocycles. The summed E-state index contributed by atoms with van der Waals surface area (Å²) in [4.78, 5) is 12.9. The van der Waals surface area contributed by atoms with Crippen LogP contribution in [-0.2, 0) is 0 Å². The molecule has 3 nitrogen and oxygen atoms in total. The second-order valence-corrected chi connectivity index (χ2v) is 5.53. The Bertz CT molecular complexity index is 448. The summed E-state index contributed by atoms with van der Waals surface area (Å²) in [6.07, 6.45) is 0.919. The molecule has 0 spiro atoms. The van der Waals surface area contributed by atoms with E-state index in [9.17, 15) is 4.79 Å². The molecule has 1 aliphatic heterocycles. The molecule has 1 heterocycles. The van der Waals surface area contributed by atoms with Crippen LogP contribution in [0, 0.1) is 11.3 Å². The van der Waals surface area contributed by atoms with Crippen molar-refractivity contribution in [2.75, 3.05) is 19.7 Å². The normalized spacial score (nSPS) is 22.7. The highest BCUT2D eigenvalue weighted by Gasteiger charge is 2.43. The minimum absolute atomic E-state index is 0.244. The number of nitrogens with one attached hydrogen (secondary N) is 1. The quantitative estimate of drug-likeness (QED) is 0.828. The Morgan fingerprint density at radius 3 is 2.84 bits per heavy atom. The topological polar surface area (TPSA) is 38.3 Å². The molecule has 1 N–H and O–H groups in total. The van der Waals surface area contributed by atoms with Crippen molar-refractivity contribution < 1.29 is 9.53 Å². The van der Waals surface area contributed by atoms with Gasteiger partial charge in [-0.15, -0.1) is 0 Å². The first-order valence-corrected chi connectivity index (χ1v) is 7.08. The Balaban J connectivity index is 2.29. The third-order valence-corrected chi connectivity index (χ3v) is 4.15. The highest BCUT2D eigenvalue weighted by molar-refractivity contribution is 6.01. The van der Waals surface area contributed by atoms with Crippen LogP contribution in [0.5, 0.6) is 5.75 Å². The minimum atomic E-state index is -0.259. The van der Waals surface area contributed by atoms with E-state index < -0.39 is 0 Å². The predicted molar refractivity (Wildman–Crippen MR) is 76.7 cm³/mol. The third kappa shape index (κ3) is 2.66. The number of ether oxygens (including phenoxy) is 1. The second-order valence-electron chi connectivity index (χ2n) is 5.53. The zero-order valence-corrected chi connectivity index (χ0v) is 12.0. The molecule has 0 saturated carbocycles. The van der Waals surface area contributed by atoms with Crippen molar-refractivity contribution in [3.05, 3.63) is 29.8 Å². The first-order valence-electron chi connectivity index (χ1n) is 7.08. The maximum atomic E-state index is 12.9. The number of carbonyl (C=O) groups is 1. The van der Waals surface area contributed by atoms with Crippen molar-refractivity contribution in [3.8, 4) is 5.75 Å². The number of benzene rings is 1. The molecule has 1 atom stereocenters. The van der Waals surface area contributed by atoms with Gasteiger partial charge in [-0.05, 0) is 37.9 Å². The molecular formula is C16H23NO2. The van der Waals surface area contributed by atoms with E-state index in [2.05, 4.69) is 19.2 Å². The molecule has 1 aromatic rings. The Morgan fingerprint density at radius 2 is 2.26 bits per heavy atom. The number of hydrogen-bond donors (Lipinski definition) is 1. The fraction of sp³-hybridized carbons (Fsp3) is 0.562. The van der Waals surface area contributed by atoms with Crippen LogP contribution in [0.4, 0.5) is 0 Å². The molecule has 0 radical (unpaired) electrons. The van der Waals surface area contributed by atoms with E-state index in [1.165, 1.54) is 0 Å². The molecule has 1 aromatic carbocycles. The Morgan fingerprint density at radius 1 is 1.47 bits per heavy atom. The minimum Gasteiger partial charge on any atom is -0.494 e. The molecule has 1 aliphatic rings. The van der Waals surface area contributed by atoms with Crippen molar-refractivity contribution in [1.29, 1.82) is 0 Å². The molecule has 1 fully saturated rings. The lowest BCUT2D eigenvalue weighted by Crippen LogP contribution is -2.38. The molecule has 19 heavy (non-hydrogen) atoms.